The van der Waals surface area contributed by atoms with Crippen LogP contribution in [-0.4, -0.2) is 43.4 Å². The fraction of sp³-hybridized carbons (Fsp3) is 0.857. The highest BCUT2D eigenvalue weighted by Gasteiger charge is 2.33. The molecule has 82 valence electrons. The maximum absolute atomic E-state index is 11.5. The molecule has 7 heteroatoms. The first-order chi connectivity index (χ1) is 6.47. The third kappa shape index (κ3) is 2.59. The van der Waals surface area contributed by atoms with E-state index in [-0.39, 0.29) is 24.1 Å². The highest BCUT2D eigenvalue weighted by Crippen LogP contribution is 2.19. The van der Waals surface area contributed by atoms with Gasteiger partial charge in [0.15, 0.2) is 0 Å². The second-order valence-corrected chi connectivity index (χ2v) is 5.72. The van der Waals surface area contributed by atoms with Gasteiger partial charge in [0.05, 0.1) is 11.7 Å². The van der Waals surface area contributed by atoms with E-state index in [9.17, 15) is 13.2 Å². The molecule has 2 N–H and O–H groups in total. The first-order valence-electron chi connectivity index (χ1n) is 4.30. The van der Waals surface area contributed by atoms with Gasteiger partial charge in [-0.25, -0.2) is 12.7 Å². The van der Waals surface area contributed by atoms with Gasteiger partial charge >= 0.3 is 0 Å². The number of carbonyl (C=O) groups excluding carboxylic acids is 1. The van der Waals surface area contributed by atoms with Gasteiger partial charge in [0.2, 0.25) is 15.9 Å². The molecule has 0 aromatic rings. The van der Waals surface area contributed by atoms with Gasteiger partial charge in [-0.3, -0.25) is 4.79 Å². The first kappa shape index (κ1) is 11.7. The molecule has 1 amide bonds. The van der Waals surface area contributed by atoms with E-state index < -0.39 is 15.9 Å². The lowest BCUT2D eigenvalue weighted by Gasteiger charge is -2.14. The molecule has 0 bridgehead atoms. The molecule has 1 saturated heterocycles. The van der Waals surface area contributed by atoms with Crippen LogP contribution in [0.25, 0.3) is 0 Å². The predicted octanol–water partition coefficient (Wildman–Crippen LogP) is -0.638. The summed E-state index contributed by atoms with van der Waals surface area (Å²) in [5, 5.41) is 0. The van der Waals surface area contributed by atoms with Crippen LogP contribution in [0.3, 0.4) is 0 Å². The van der Waals surface area contributed by atoms with E-state index in [1.165, 1.54) is 4.31 Å². The minimum Gasteiger partial charge on any atom is -0.369 e. The first-order valence-corrected chi connectivity index (χ1v) is 6.45. The number of sulfonamides is 1. The molecule has 1 aliphatic heterocycles. The number of primary amides is 1. The van der Waals surface area contributed by atoms with E-state index in [0.717, 1.165) is 0 Å². The number of nitrogens with two attached hydrogens (primary N) is 1. The average Bonchev–Trinajstić information content (AvgIpc) is 2.51. The van der Waals surface area contributed by atoms with Crippen molar-refractivity contribution in [1.29, 1.82) is 0 Å². The quantitative estimate of drug-likeness (QED) is 0.664. The van der Waals surface area contributed by atoms with E-state index in [1.54, 1.807) is 0 Å². The SMILES string of the molecule is NC(=O)C1CCN(S(=O)(=O)CCCl)C1. The van der Waals surface area contributed by atoms with Crippen LogP contribution in [0.2, 0.25) is 0 Å². The van der Waals surface area contributed by atoms with Gasteiger partial charge in [0, 0.05) is 19.0 Å². The molecule has 1 unspecified atom stereocenters. The van der Waals surface area contributed by atoms with Crippen LogP contribution in [0.1, 0.15) is 6.42 Å². The molecule has 0 radical (unpaired) electrons. The summed E-state index contributed by atoms with van der Waals surface area (Å²) in [4.78, 5) is 10.8. The number of halogens is 1. The van der Waals surface area contributed by atoms with Crippen molar-refractivity contribution in [3.63, 3.8) is 0 Å². The molecule has 5 nitrogen and oxygen atoms in total. The molecule has 0 aromatic carbocycles. The second kappa shape index (κ2) is 4.46. The van der Waals surface area contributed by atoms with Crippen molar-refractivity contribution < 1.29 is 13.2 Å². The van der Waals surface area contributed by atoms with E-state index >= 15 is 0 Å². The lowest BCUT2D eigenvalue weighted by Crippen LogP contribution is -2.33. The van der Waals surface area contributed by atoms with Gasteiger partial charge in [-0.15, -0.1) is 11.6 Å². The van der Waals surface area contributed by atoms with Crippen molar-refractivity contribution in [2.75, 3.05) is 24.7 Å². The molecule has 1 aliphatic rings. The average molecular weight is 241 g/mol. The lowest BCUT2D eigenvalue weighted by atomic mass is 10.1. The zero-order valence-corrected chi connectivity index (χ0v) is 9.22. The van der Waals surface area contributed by atoms with Crippen LogP contribution in [-0.2, 0) is 14.8 Å². The molecule has 0 saturated carbocycles. The van der Waals surface area contributed by atoms with E-state index in [1.807, 2.05) is 0 Å². The third-order valence-corrected chi connectivity index (χ3v) is 4.53. The maximum Gasteiger partial charge on any atom is 0.221 e. The topological polar surface area (TPSA) is 80.5 Å². The highest BCUT2D eigenvalue weighted by atomic mass is 35.5. The smallest absolute Gasteiger partial charge is 0.221 e. The summed E-state index contributed by atoms with van der Waals surface area (Å²) in [7, 11) is -3.28. The predicted molar refractivity (Wildman–Crippen MR) is 53.4 cm³/mol. The zero-order valence-electron chi connectivity index (χ0n) is 7.65. The number of amides is 1. The molecule has 1 heterocycles. The molecule has 14 heavy (non-hydrogen) atoms. The molecule has 1 fully saturated rings. The second-order valence-electron chi connectivity index (χ2n) is 3.25. The summed E-state index contributed by atoms with van der Waals surface area (Å²) in [6.45, 7) is 0.571. The lowest BCUT2D eigenvalue weighted by molar-refractivity contribution is -0.121. The monoisotopic (exact) mass is 240 g/mol. The number of carbonyl (C=O) groups is 1. The van der Waals surface area contributed by atoms with Crippen molar-refractivity contribution in [2.24, 2.45) is 11.7 Å². The van der Waals surface area contributed by atoms with Gasteiger partial charge in [0.1, 0.15) is 0 Å². The van der Waals surface area contributed by atoms with Crippen molar-refractivity contribution in [2.45, 2.75) is 6.42 Å². The van der Waals surface area contributed by atoms with E-state index in [0.29, 0.717) is 13.0 Å². The van der Waals surface area contributed by atoms with Gasteiger partial charge in [-0.2, -0.15) is 0 Å². The molecule has 1 atom stereocenters. The van der Waals surface area contributed by atoms with Crippen molar-refractivity contribution in [3.05, 3.63) is 0 Å². The summed E-state index contributed by atoms with van der Waals surface area (Å²) in [6, 6.07) is 0. The Kier molecular flexibility index (Phi) is 3.74. The molecule has 0 spiro atoms. The maximum atomic E-state index is 11.5. The Hall–Kier alpha value is -0.330. The number of rotatable bonds is 4. The summed E-state index contributed by atoms with van der Waals surface area (Å²) < 4.78 is 24.3. The Labute approximate surface area is 88.2 Å². The fourth-order valence-electron chi connectivity index (χ4n) is 1.44. The van der Waals surface area contributed by atoms with Crippen molar-refractivity contribution in [1.82, 2.24) is 4.31 Å². The van der Waals surface area contributed by atoms with Crippen LogP contribution in [0.15, 0.2) is 0 Å². The zero-order chi connectivity index (χ0) is 10.8. The van der Waals surface area contributed by atoms with Crippen LogP contribution in [0.4, 0.5) is 0 Å². The minimum atomic E-state index is -3.28. The van der Waals surface area contributed by atoms with Gasteiger partial charge in [-0.05, 0) is 6.42 Å². The van der Waals surface area contributed by atoms with Crippen LogP contribution >= 0.6 is 11.6 Å². The number of hydrogen-bond donors (Lipinski definition) is 1. The Morgan fingerprint density at radius 1 is 1.57 bits per heavy atom. The van der Waals surface area contributed by atoms with Crippen LogP contribution in [0.5, 0.6) is 0 Å². The third-order valence-electron chi connectivity index (χ3n) is 2.28. The Morgan fingerprint density at radius 2 is 2.21 bits per heavy atom. The summed E-state index contributed by atoms with van der Waals surface area (Å²) in [6.07, 6.45) is 0.511. The number of nitrogens with zero attached hydrogens (tertiary/aromatic N) is 1. The number of alkyl halides is 1. The standard InChI is InChI=1S/C7H13ClN2O3S/c8-2-4-14(12,13)10-3-1-6(5-10)7(9)11/h6H,1-5H2,(H2,9,11). The molecular weight excluding hydrogens is 228 g/mol. The van der Waals surface area contributed by atoms with Crippen molar-refractivity contribution >= 4 is 27.5 Å². The van der Waals surface area contributed by atoms with Gasteiger partial charge < -0.3 is 5.73 Å². The summed E-state index contributed by atoms with van der Waals surface area (Å²) in [5.74, 6) is -0.797. The summed E-state index contributed by atoms with van der Waals surface area (Å²) >= 11 is 5.37. The minimum absolute atomic E-state index is 0.0695. The summed E-state index contributed by atoms with van der Waals surface area (Å²) in [5.41, 5.74) is 5.09. The Morgan fingerprint density at radius 3 is 2.64 bits per heavy atom. The Bertz CT molecular complexity index is 317. The largest absolute Gasteiger partial charge is 0.369 e. The number of hydrogen-bond acceptors (Lipinski definition) is 3. The van der Waals surface area contributed by atoms with Gasteiger partial charge in [-0.1, -0.05) is 0 Å². The van der Waals surface area contributed by atoms with Gasteiger partial charge in [0.25, 0.3) is 0 Å². The highest BCUT2D eigenvalue weighted by molar-refractivity contribution is 7.89. The van der Waals surface area contributed by atoms with E-state index in [4.69, 9.17) is 17.3 Å². The van der Waals surface area contributed by atoms with Crippen LogP contribution in [0, 0.1) is 5.92 Å². The normalized spacial score (nSPS) is 23.9. The van der Waals surface area contributed by atoms with Crippen LogP contribution < -0.4 is 5.73 Å². The van der Waals surface area contributed by atoms with Crippen molar-refractivity contribution in [3.8, 4) is 0 Å². The molecular formula is C7H13ClN2O3S. The fourth-order valence-corrected chi connectivity index (χ4v) is 3.27. The Balaban J connectivity index is 2.62. The molecule has 0 aromatic heterocycles. The molecule has 1 rings (SSSR count). The van der Waals surface area contributed by atoms with E-state index in [2.05, 4.69) is 0 Å². The molecule has 0 aliphatic carbocycles.